The molecule has 3 aromatic rings. The normalized spacial score (nSPS) is 18.0. The Bertz CT molecular complexity index is 1230. The molecule has 2 aliphatic heterocycles. The van der Waals surface area contributed by atoms with E-state index < -0.39 is 5.54 Å². The molecule has 0 radical (unpaired) electrons. The molecule has 0 unspecified atom stereocenters. The zero-order valence-corrected chi connectivity index (χ0v) is 20.6. The van der Waals surface area contributed by atoms with Crippen LogP contribution in [0.1, 0.15) is 24.2 Å². The highest BCUT2D eigenvalue weighted by Gasteiger charge is 2.56. The van der Waals surface area contributed by atoms with Gasteiger partial charge >= 0.3 is 6.03 Å². The first-order valence-electron chi connectivity index (χ1n) is 11.7. The summed E-state index contributed by atoms with van der Waals surface area (Å²) in [6.07, 6.45) is 1.18. The number of hydrogen-bond acceptors (Lipinski definition) is 5. The molecule has 0 bridgehead atoms. The predicted octanol–water partition coefficient (Wildman–Crippen LogP) is 5.04. The highest BCUT2D eigenvalue weighted by molar-refractivity contribution is 6.30. The van der Waals surface area contributed by atoms with E-state index in [0.29, 0.717) is 37.5 Å². The van der Waals surface area contributed by atoms with Crippen LogP contribution in [-0.2, 0) is 17.9 Å². The highest BCUT2D eigenvalue weighted by atomic mass is 35.5. The molecule has 5 rings (SSSR count). The summed E-state index contributed by atoms with van der Waals surface area (Å²) in [7, 11) is 3.35. The van der Waals surface area contributed by atoms with Crippen LogP contribution in [0.4, 0.5) is 4.79 Å². The third-order valence-electron chi connectivity index (χ3n) is 7.14. The Labute approximate surface area is 209 Å². The number of nitrogens with zero attached hydrogens (tertiary/aromatic N) is 3. The van der Waals surface area contributed by atoms with Gasteiger partial charge in [-0.3, -0.25) is 14.6 Å². The average molecular weight is 494 g/mol. The average Bonchev–Trinajstić information content (AvgIpc) is 3.41. The van der Waals surface area contributed by atoms with Gasteiger partial charge in [-0.15, -0.1) is 0 Å². The fourth-order valence-corrected chi connectivity index (χ4v) is 5.20. The summed E-state index contributed by atoms with van der Waals surface area (Å²) < 4.78 is 11.3. The van der Waals surface area contributed by atoms with Gasteiger partial charge in [0.25, 0.3) is 5.91 Å². The second-order valence-corrected chi connectivity index (χ2v) is 9.60. The standard InChI is InChI=1S/C27H28ClN3O4/c1-29-26(33)31(17-19-6-8-22(34-2)9-7-19)25(32)27(29)12-14-30(15-13-27)18-23-10-11-24(35-23)20-4-3-5-21(28)16-20/h3-11,16H,12-15,17-18H2,1-2H3. The third kappa shape index (κ3) is 4.42. The number of urea groups is 1. The Kier molecular flexibility index (Phi) is 6.30. The van der Waals surface area contributed by atoms with Gasteiger partial charge < -0.3 is 14.1 Å². The van der Waals surface area contributed by atoms with Crippen LogP contribution in [0.2, 0.25) is 5.02 Å². The molecular formula is C27H28ClN3O4. The number of furan rings is 1. The van der Waals surface area contributed by atoms with E-state index in [9.17, 15) is 9.59 Å². The number of carbonyl (C=O) groups excluding carboxylic acids is 2. The van der Waals surface area contributed by atoms with E-state index in [0.717, 1.165) is 28.4 Å². The van der Waals surface area contributed by atoms with Crippen molar-refractivity contribution < 1.29 is 18.7 Å². The molecule has 0 atom stereocenters. The summed E-state index contributed by atoms with van der Waals surface area (Å²) in [5.74, 6) is 2.27. The van der Waals surface area contributed by atoms with Crippen molar-refractivity contribution in [3.63, 3.8) is 0 Å². The molecule has 2 aromatic carbocycles. The topological polar surface area (TPSA) is 66.2 Å². The number of piperidine rings is 1. The van der Waals surface area contributed by atoms with Crippen LogP contribution >= 0.6 is 11.6 Å². The molecule has 2 aliphatic rings. The van der Waals surface area contributed by atoms with Crippen molar-refractivity contribution in [3.05, 3.63) is 77.0 Å². The van der Waals surface area contributed by atoms with Crippen molar-refractivity contribution in [2.45, 2.75) is 31.5 Å². The Balaban J connectivity index is 1.23. The number of methoxy groups -OCH3 is 1. The summed E-state index contributed by atoms with van der Waals surface area (Å²) in [5.41, 5.74) is 1.05. The number of ether oxygens (including phenoxy) is 1. The first-order chi connectivity index (χ1) is 16.9. The molecule has 8 heteroatoms. The molecule has 2 fully saturated rings. The molecule has 7 nitrogen and oxygen atoms in total. The summed E-state index contributed by atoms with van der Waals surface area (Å²) in [6.45, 7) is 2.31. The van der Waals surface area contributed by atoms with Gasteiger partial charge in [-0.05, 0) is 54.8 Å². The van der Waals surface area contributed by atoms with Crippen molar-refractivity contribution in [2.24, 2.45) is 0 Å². The lowest BCUT2D eigenvalue weighted by Crippen LogP contribution is -2.55. The SMILES string of the molecule is COc1ccc(CN2C(=O)N(C)C3(CCN(Cc4ccc(-c5cccc(Cl)c5)o4)CC3)C2=O)cc1. The summed E-state index contributed by atoms with van der Waals surface area (Å²) in [6, 6.07) is 18.7. The van der Waals surface area contributed by atoms with Gasteiger partial charge in [-0.2, -0.15) is 0 Å². The number of amides is 3. The molecule has 1 aromatic heterocycles. The largest absolute Gasteiger partial charge is 0.497 e. The van der Waals surface area contributed by atoms with E-state index in [1.807, 2.05) is 60.7 Å². The number of carbonyl (C=O) groups is 2. The van der Waals surface area contributed by atoms with E-state index in [1.54, 1.807) is 19.1 Å². The number of likely N-dealkylation sites (N-methyl/N-ethyl adjacent to an activating group) is 1. The molecule has 3 amide bonds. The lowest BCUT2D eigenvalue weighted by atomic mass is 9.86. The van der Waals surface area contributed by atoms with Crippen LogP contribution in [0.25, 0.3) is 11.3 Å². The Morgan fingerprint density at radius 2 is 1.74 bits per heavy atom. The first kappa shape index (κ1) is 23.5. The van der Waals surface area contributed by atoms with Crippen molar-refractivity contribution >= 4 is 23.5 Å². The van der Waals surface area contributed by atoms with Crippen molar-refractivity contribution in [1.29, 1.82) is 0 Å². The second-order valence-electron chi connectivity index (χ2n) is 9.17. The van der Waals surface area contributed by atoms with Crippen LogP contribution in [-0.4, -0.2) is 59.4 Å². The van der Waals surface area contributed by atoms with Crippen LogP contribution in [0.3, 0.4) is 0 Å². The minimum atomic E-state index is -0.783. The molecule has 0 aliphatic carbocycles. The minimum absolute atomic E-state index is 0.110. The van der Waals surface area contributed by atoms with Crippen LogP contribution in [0.15, 0.2) is 65.1 Å². The summed E-state index contributed by atoms with van der Waals surface area (Å²) in [4.78, 5) is 31.8. The van der Waals surface area contributed by atoms with Crippen molar-refractivity contribution in [1.82, 2.24) is 14.7 Å². The quantitative estimate of drug-likeness (QED) is 0.450. The zero-order valence-electron chi connectivity index (χ0n) is 19.9. The zero-order chi connectivity index (χ0) is 24.6. The van der Waals surface area contributed by atoms with Gasteiger partial charge in [0.15, 0.2) is 0 Å². The lowest BCUT2D eigenvalue weighted by molar-refractivity contribution is -0.135. The summed E-state index contributed by atoms with van der Waals surface area (Å²) in [5, 5.41) is 0.669. The molecule has 1 spiro atoms. The Morgan fingerprint density at radius 3 is 2.43 bits per heavy atom. The minimum Gasteiger partial charge on any atom is -0.497 e. The number of rotatable bonds is 6. The van der Waals surface area contributed by atoms with Gasteiger partial charge in [-0.1, -0.05) is 35.9 Å². The van der Waals surface area contributed by atoms with Gasteiger partial charge in [0, 0.05) is 30.7 Å². The van der Waals surface area contributed by atoms with E-state index >= 15 is 0 Å². The number of likely N-dealkylation sites (tertiary alicyclic amines) is 1. The molecule has 182 valence electrons. The van der Waals surface area contributed by atoms with E-state index in [-0.39, 0.29) is 18.5 Å². The number of imide groups is 1. The van der Waals surface area contributed by atoms with Gasteiger partial charge in [0.1, 0.15) is 22.8 Å². The van der Waals surface area contributed by atoms with Crippen LogP contribution in [0.5, 0.6) is 5.75 Å². The molecule has 0 N–H and O–H groups in total. The van der Waals surface area contributed by atoms with Gasteiger partial charge in [0.05, 0.1) is 20.2 Å². The second kappa shape index (κ2) is 9.40. The Hall–Kier alpha value is -3.29. The van der Waals surface area contributed by atoms with Crippen molar-refractivity contribution in [2.75, 3.05) is 27.2 Å². The smallest absolute Gasteiger partial charge is 0.327 e. The maximum Gasteiger partial charge on any atom is 0.327 e. The molecular weight excluding hydrogens is 466 g/mol. The van der Waals surface area contributed by atoms with E-state index in [4.69, 9.17) is 20.8 Å². The monoisotopic (exact) mass is 493 g/mol. The van der Waals surface area contributed by atoms with Gasteiger partial charge in [0.2, 0.25) is 0 Å². The molecule has 3 heterocycles. The maximum atomic E-state index is 13.5. The van der Waals surface area contributed by atoms with Crippen LogP contribution in [0, 0.1) is 0 Å². The van der Waals surface area contributed by atoms with E-state index in [1.165, 1.54) is 4.90 Å². The number of benzene rings is 2. The van der Waals surface area contributed by atoms with E-state index in [2.05, 4.69) is 4.90 Å². The maximum absolute atomic E-state index is 13.5. The number of hydrogen-bond donors (Lipinski definition) is 0. The first-order valence-corrected chi connectivity index (χ1v) is 12.1. The molecule has 2 saturated heterocycles. The molecule has 35 heavy (non-hydrogen) atoms. The van der Waals surface area contributed by atoms with Gasteiger partial charge in [-0.25, -0.2) is 4.79 Å². The fraction of sp³-hybridized carbons (Fsp3) is 0.333. The Morgan fingerprint density at radius 1 is 1.00 bits per heavy atom. The number of halogens is 1. The van der Waals surface area contributed by atoms with Crippen molar-refractivity contribution in [3.8, 4) is 17.1 Å². The predicted molar refractivity (Wildman–Crippen MR) is 133 cm³/mol. The molecule has 0 saturated carbocycles. The third-order valence-corrected chi connectivity index (χ3v) is 7.37. The fourth-order valence-electron chi connectivity index (χ4n) is 5.01. The highest BCUT2D eigenvalue weighted by Crippen LogP contribution is 2.37. The summed E-state index contributed by atoms with van der Waals surface area (Å²) >= 11 is 6.10. The van der Waals surface area contributed by atoms with Crippen LogP contribution < -0.4 is 4.74 Å². The lowest BCUT2D eigenvalue weighted by Gasteiger charge is -2.40.